The van der Waals surface area contributed by atoms with Crippen molar-refractivity contribution >= 4 is 85.6 Å². The van der Waals surface area contributed by atoms with E-state index in [1.165, 1.54) is 12.1 Å². The summed E-state index contributed by atoms with van der Waals surface area (Å²) in [5.41, 5.74) is 5.77. The maximum absolute atomic E-state index is 14.6. The van der Waals surface area contributed by atoms with Crippen molar-refractivity contribution in [1.29, 1.82) is 0 Å². The fourth-order valence-electron chi connectivity index (χ4n) is 5.31. The number of ether oxygens (including phenoxy) is 1. The van der Waals surface area contributed by atoms with E-state index in [1.807, 2.05) is 48.5 Å². The molecule has 5 aromatic rings. The molecular weight excluding hydrogens is 673 g/mol. The minimum atomic E-state index is -6.06. The summed E-state index contributed by atoms with van der Waals surface area (Å²) in [5, 5.41) is 1.44. The van der Waals surface area contributed by atoms with Crippen molar-refractivity contribution in [2.45, 2.75) is 0 Å². The van der Waals surface area contributed by atoms with Crippen molar-refractivity contribution in [3.63, 3.8) is 0 Å². The molecule has 3 nitrogen and oxygen atoms in total. The van der Waals surface area contributed by atoms with E-state index < -0.39 is 40.6 Å². The van der Waals surface area contributed by atoms with E-state index in [1.54, 1.807) is 6.07 Å². The first-order valence-electron chi connectivity index (χ1n) is 10.3. The Kier molecular flexibility index (Phi) is 4.46. The molecule has 0 N–H and O–H groups in total. The molecule has 7 rings (SSSR count). The van der Waals surface area contributed by atoms with Gasteiger partial charge in [0.15, 0.2) is 0 Å². The van der Waals surface area contributed by atoms with Gasteiger partial charge in [-0.05, 0) is 0 Å². The summed E-state index contributed by atoms with van der Waals surface area (Å²) in [6, 6.07) is 24.0. The van der Waals surface area contributed by atoms with E-state index >= 15 is 0 Å². The third-order valence-corrected chi connectivity index (χ3v) is 14.3. The summed E-state index contributed by atoms with van der Waals surface area (Å²) in [7, 11) is 0. The summed E-state index contributed by atoms with van der Waals surface area (Å²) < 4.78 is 65.7. The van der Waals surface area contributed by atoms with Gasteiger partial charge in [0.05, 0.1) is 0 Å². The van der Waals surface area contributed by atoms with Gasteiger partial charge in [0, 0.05) is 0 Å². The van der Waals surface area contributed by atoms with E-state index in [0.29, 0.717) is 5.39 Å². The zero-order chi connectivity index (χ0) is 23.2. The molecule has 10 heteroatoms. The number of para-hydroxylation sites is 2. The van der Waals surface area contributed by atoms with Crippen LogP contribution in [0.3, 0.4) is 0 Å². The molecule has 0 saturated heterocycles. The zero-order valence-electron chi connectivity index (χ0n) is 17.2. The zero-order valence-corrected chi connectivity index (χ0v) is 21.5. The second-order valence-corrected chi connectivity index (χ2v) is 15.6. The average molecular weight is 686 g/mol. The molecule has 3 heterocycles. The molecule has 0 unspecified atom stereocenters. The first-order chi connectivity index (χ1) is 16.4. The van der Waals surface area contributed by atoms with E-state index in [2.05, 4.69) is 18.1 Å². The monoisotopic (exact) mass is 686 g/mol. The van der Waals surface area contributed by atoms with Crippen molar-refractivity contribution in [2.24, 2.45) is 1.36 Å². The van der Waals surface area contributed by atoms with Gasteiger partial charge in [-0.25, -0.2) is 0 Å². The molecule has 1 aromatic heterocycles. The predicted molar refractivity (Wildman–Crippen MR) is 146 cm³/mol. The van der Waals surface area contributed by atoms with Gasteiger partial charge >= 0.3 is 207 Å². The third-order valence-electron chi connectivity index (χ3n) is 6.51. The van der Waals surface area contributed by atoms with Gasteiger partial charge in [0.1, 0.15) is 0 Å². The average Bonchev–Trinajstić information content (AvgIpc) is 3.15. The Hall–Kier alpha value is -2.48. The number of rotatable bonds is 2. The van der Waals surface area contributed by atoms with Crippen LogP contribution in [0, 0.1) is 3.57 Å². The molecule has 34 heavy (non-hydrogen) atoms. The molecule has 0 spiro atoms. The minimum absolute atomic E-state index is 0.0599. The second-order valence-electron chi connectivity index (χ2n) is 8.16. The Morgan fingerprint density at radius 2 is 1.59 bits per heavy atom. The number of aromatic nitrogens is 1. The molecule has 0 fully saturated rings. The molecule has 0 atom stereocenters. The van der Waals surface area contributed by atoms with Crippen LogP contribution in [0.15, 0.2) is 80.2 Å². The van der Waals surface area contributed by atoms with E-state index in [-0.39, 0.29) is 10.3 Å². The number of fused-ring (bicyclic) bond motifs is 7. The van der Waals surface area contributed by atoms with Crippen molar-refractivity contribution in [3.05, 3.63) is 82.4 Å². The van der Waals surface area contributed by atoms with Crippen molar-refractivity contribution in [1.82, 2.24) is 4.57 Å². The second kappa shape index (κ2) is 7.26. The molecule has 4 aromatic carbocycles. The Labute approximate surface area is 206 Å². The standard InChI is InChI=1S/C24H13BF4I2N2O/c26-30(27)32-31(28,29)14-11-12-19-16(13-14)15-5-3-7-18-24(15)33(19)20-8-4-10-22-23(20)25(18)17-6-1-2-9-21(17)34-22/h1-13H. The molecule has 0 amide bonds. The predicted octanol–water partition coefficient (Wildman–Crippen LogP) is 7.07. The topological polar surface area (TPSA) is 26.5 Å². The van der Waals surface area contributed by atoms with Gasteiger partial charge < -0.3 is 0 Å². The molecule has 0 saturated carbocycles. The van der Waals surface area contributed by atoms with Crippen LogP contribution in [0.5, 0.6) is 11.5 Å². The fourth-order valence-corrected chi connectivity index (χ4v) is 10.9. The molecule has 0 radical (unpaired) electrons. The number of hydrogen-bond donors (Lipinski definition) is 0. The first kappa shape index (κ1) is 20.9. The quantitative estimate of drug-likeness (QED) is 0.109. The molecule has 2 aliphatic heterocycles. The first-order valence-corrected chi connectivity index (χ1v) is 16.6. The Bertz CT molecular complexity index is 1730. The van der Waals surface area contributed by atoms with Crippen molar-refractivity contribution < 1.29 is 16.2 Å². The molecule has 2 aliphatic rings. The van der Waals surface area contributed by atoms with Crippen LogP contribution in [0.4, 0.5) is 11.4 Å². The summed E-state index contributed by atoms with van der Waals surface area (Å²) in [6.07, 6.45) is 0. The van der Waals surface area contributed by atoms with Crippen LogP contribution >= 0.6 is 40.6 Å². The van der Waals surface area contributed by atoms with E-state index in [9.17, 15) is 11.4 Å². The van der Waals surface area contributed by atoms with Crippen LogP contribution in [0.25, 0.3) is 27.5 Å². The van der Waals surface area contributed by atoms with Crippen molar-refractivity contribution in [2.75, 3.05) is 0 Å². The Morgan fingerprint density at radius 3 is 2.44 bits per heavy atom. The van der Waals surface area contributed by atoms with Crippen LogP contribution in [-0.4, -0.2) is 11.3 Å². The van der Waals surface area contributed by atoms with Gasteiger partial charge in [-0.2, -0.15) is 0 Å². The summed E-state index contributed by atoms with van der Waals surface area (Å²) >= 11 is -11.0. The Morgan fingerprint density at radius 1 is 0.824 bits per heavy atom. The van der Waals surface area contributed by atoms with Crippen LogP contribution in [0.2, 0.25) is 0 Å². The van der Waals surface area contributed by atoms with Gasteiger partial charge in [0.2, 0.25) is 0 Å². The molecule has 170 valence electrons. The number of nitrogens with zero attached hydrogens (tertiary/aromatic N) is 2. The van der Waals surface area contributed by atoms with Gasteiger partial charge in [0.25, 0.3) is 0 Å². The summed E-state index contributed by atoms with van der Waals surface area (Å²) in [5.74, 6) is 1.57. The number of halogens is 6. The van der Waals surface area contributed by atoms with Crippen molar-refractivity contribution in [3.8, 4) is 17.2 Å². The maximum atomic E-state index is 14.6. The van der Waals surface area contributed by atoms with E-state index in [4.69, 9.17) is 4.74 Å². The van der Waals surface area contributed by atoms with E-state index in [0.717, 1.165) is 50.0 Å². The van der Waals surface area contributed by atoms with Crippen LogP contribution < -0.4 is 21.1 Å². The van der Waals surface area contributed by atoms with Gasteiger partial charge in [-0.1, -0.05) is 0 Å². The number of benzene rings is 4. The molecular formula is C24H13BF4I2N2O. The van der Waals surface area contributed by atoms with Crippen LogP contribution in [0.1, 0.15) is 0 Å². The van der Waals surface area contributed by atoms with Gasteiger partial charge in [-0.15, -0.1) is 0 Å². The van der Waals surface area contributed by atoms with Crippen LogP contribution in [-0.2, 0) is 0 Å². The van der Waals surface area contributed by atoms with Gasteiger partial charge in [-0.3, -0.25) is 0 Å². The molecule has 0 aliphatic carbocycles. The normalized spacial score (nSPS) is 14.5. The fraction of sp³-hybridized carbons (Fsp3) is 0. The third kappa shape index (κ3) is 2.81. The number of hydrogen-bond acceptors (Lipinski definition) is 2. The Balaban J connectivity index is 1.61. The molecule has 0 bridgehead atoms. The SMILES string of the molecule is FI(F)N=I(F)(F)c1ccc2c(c1)c1cccc3c1n2-c1cccc2c1B3c1ccccc1O2. The summed E-state index contributed by atoms with van der Waals surface area (Å²) in [4.78, 5) is 0. The summed E-state index contributed by atoms with van der Waals surface area (Å²) in [6.45, 7) is -0.0599.